The Morgan fingerprint density at radius 2 is 2.10 bits per heavy atom. The average Bonchev–Trinajstić information content (AvgIpc) is 2.51. The summed E-state index contributed by atoms with van der Waals surface area (Å²) in [7, 11) is 0. The Labute approximate surface area is 140 Å². The van der Waals surface area contributed by atoms with Crippen molar-refractivity contribution in [1.82, 2.24) is 5.32 Å². The lowest BCUT2D eigenvalue weighted by atomic mass is 9.75. The van der Waals surface area contributed by atoms with E-state index < -0.39 is 0 Å². The molecule has 0 saturated heterocycles. The van der Waals surface area contributed by atoms with Crippen LogP contribution in [0.25, 0.3) is 0 Å². The summed E-state index contributed by atoms with van der Waals surface area (Å²) >= 11 is 5.46. The van der Waals surface area contributed by atoms with Crippen LogP contribution >= 0.6 is 27.7 Å². The van der Waals surface area contributed by atoms with Gasteiger partial charge in [-0.1, -0.05) is 59.1 Å². The van der Waals surface area contributed by atoms with Gasteiger partial charge in [-0.3, -0.25) is 4.99 Å². The number of amidine groups is 1. The molecule has 1 fully saturated rings. The minimum absolute atomic E-state index is 0.300. The van der Waals surface area contributed by atoms with Gasteiger partial charge in [-0.2, -0.15) is 0 Å². The van der Waals surface area contributed by atoms with Crippen LogP contribution in [-0.4, -0.2) is 17.5 Å². The number of hydrogen-bond acceptors (Lipinski definition) is 3. The molecule has 1 heterocycles. The minimum Gasteiger partial charge on any atom is -0.358 e. The highest BCUT2D eigenvalue weighted by Gasteiger charge is 2.35. The van der Waals surface area contributed by atoms with Crippen molar-refractivity contribution in [2.24, 2.45) is 10.4 Å². The van der Waals surface area contributed by atoms with Crippen LogP contribution in [0.4, 0.5) is 0 Å². The first-order valence-corrected chi connectivity index (χ1v) is 9.64. The Hall–Kier alpha value is -0.480. The molecule has 4 heteroatoms. The van der Waals surface area contributed by atoms with Crippen molar-refractivity contribution in [3.8, 4) is 0 Å². The van der Waals surface area contributed by atoms with E-state index in [4.69, 9.17) is 4.99 Å². The van der Waals surface area contributed by atoms with Crippen molar-refractivity contribution in [1.29, 1.82) is 0 Å². The van der Waals surface area contributed by atoms with E-state index in [1.807, 2.05) is 11.8 Å². The zero-order valence-electron chi connectivity index (χ0n) is 12.6. The molecule has 1 N–H and O–H groups in total. The maximum absolute atomic E-state index is 4.85. The minimum atomic E-state index is 0.300. The molecule has 1 unspecified atom stereocenters. The largest absolute Gasteiger partial charge is 0.358 e. The van der Waals surface area contributed by atoms with Crippen LogP contribution in [0, 0.1) is 5.41 Å². The zero-order chi connectivity index (χ0) is 14.7. The lowest BCUT2D eigenvalue weighted by molar-refractivity contribution is 0.232. The molecule has 0 amide bonds. The predicted molar refractivity (Wildman–Crippen MR) is 96.0 cm³/mol. The summed E-state index contributed by atoms with van der Waals surface area (Å²) in [6, 6.07) is 8.79. The summed E-state index contributed by atoms with van der Waals surface area (Å²) < 4.78 is 1.13. The van der Waals surface area contributed by atoms with Gasteiger partial charge in [0.15, 0.2) is 5.17 Å². The zero-order valence-corrected chi connectivity index (χ0v) is 15.0. The van der Waals surface area contributed by atoms with E-state index >= 15 is 0 Å². The van der Waals surface area contributed by atoms with Gasteiger partial charge in [0.05, 0.1) is 6.04 Å². The van der Waals surface area contributed by atoms with Crippen LogP contribution in [0.2, 0.25) is 0 Å². The number of benzene rings is 1. The molecule has 3 rings (SSSR count). The molecule has 1 saturated carbocycles. The first-order valence-electron chi connectivity index (χ1n) is 7.86. The fraction of sp³-hybridized carbons (Fsp3) is 0.588. The lowest BCUT2D eigenvalue weighted by Gasteiger charge is -2.38. The Kier molecular flexibility index (Phi) is 4.95. The van der Waals surface area contributed by atoms with Crippen LogP contribution in [0.5, 0.6) is 0 Å². The Balaban J connectivity index is 1.61. The number of halogens is 1. The average molecular weight is 367 g/mol. The summed E-state index contributed by atoms with van der Waals surface area (Å²) in [5, 5.41) is 4.70. The van der Waals surface area contributed by atoms with Gasteiger partial charge in [-0.05, 0) is 42.9 Å². The van der Waals surface area contributed by atoms with Gasteiger partial charge in [-0.25, -0.2) is 0 Å². The maximum Gasteiger partial charge on any atom is 0.157 e. The van der Waals surface area contributed by atoms with E-state index in [2.05, 4.69) is 52.4 Å². The molecular weight excluding hydrogens is 344 g/mol. The second-order valence-corrected chi connectivity index (χ2v) is 8.27. The van der Waals surface area contributed by atoms with E-state index in [0.717, 1.165) is 16.2 Å². The first-order chi connectivity index (χ1) is 10.2. The van der Waals surface area contributed by atoms with Gasteiger partial charge in [0.25, 0.3) is 0 Å². The quantitative estimate of drug-likeness (QED) is 0.782. The normalized spacial score (nSPS) is 22.7. The highest BCUT2D eigenvalue weighted by Crippen LogP contribution is 2.41. The van der Waals surface area contributed by atoms with E-state index in [1.54, 1.807) is 0 Å². The molecular formula is C17H23BrN2S. The molecule has 1 spiro atoms. The summed E-state index contributed by atoms with van der Waals surface area (Å²) in [4.78, 5) is 4.85. The van der Waals surface area contributed by atoms with Crippen molar-refractivity contribution in [2.75, 3.05) is 12.3 Å². The smallest absolute Gasteiger partial charge is 0.157 e. The molecule has 1 aliphatic carbocycles. The third kappa shape index (κ3) is 3.84. The molecule has 114 valence electrons. The number of rotatable bonds is 2. The summed E-state index contributed by atoms with van der Waals surface area (Å²) in [5.74, 6) is 1.24. The molecule has 21 heavy (non-hydrogen) atoms. The van der Waals surface area contributed by atoms with Gasteiger partial charge >= 0.3 is 0 Å². The van der Waals surface area contributed by atoms with E-state index in [-0.39, 0.29) is 0 Å². The molecule has 2 aliphatic rings. The standard InChI is InChI=1S/C17H23BrN2S/c1-13(14-6-5-7-15(18)10-14)20-16-19-11-17(12-21-16)8-3-2-4-9-17/h5-7,10,13H,2-4,8-9,11-12H2,1H3,(H,19,20). The number of hydrogen-bond donors (Lipinski definition) is 1. The van der Waals surface area contributed by atoms with E-state index in [9.17, 15) is 0 Å². The fourth-order valence-corrected chi connectivity index (χ4v) is 4.94. The van der Waals surface area contributed by atoms with Gasteiger partial charge in [0.1, 0.15) is 0 Å². The van der Waals surface area contributed by atoms with Crippen molar-refractivity contribution in [2.45, 2.75) is 45.1 Å². The third-order valence-electron chi connectivity index (χ3n) is 4.68. The molecule has 1 atom stereocenters. The monoisotopic (exact) mass is 366 g/mol. The second-order valence-electron chi connectivity index (χ2n) is 6.39. The number of aliphatic imine (C=N–C) groups is 1. The molecule has 1 aromatic carbocycles. The Morgan fingerprint density at radius 1 is 1.29 bits per heavy atom. The van der Waals surface area contributed by atoms with Gasteiger partial charge in [-0.15, -0.1) is 0 Å². The number of nitrogens with zero attached hydrogens (tertiary/aromatic N) is 1. The van der Waals surface area contributed by atoms with Crippen molar-refractivity contribution in [3.63, 3.8) is 0 Å². The maximum atomic E-state index is 4.85. The van der Waals surface area contributed by atoms with E-state index in [1.165, 1.54) is 43.4 Å². The third-order valence-corrected chi connectivity index (χ3v) is 6.45. The van der Waals surface area contributed by atoms with Crippen LogP contribution < -0.4 is 5.32 Å². The number of thioether (sulfide) groups is 1. The highest BCUT2D eigenvalue weighted by atomic mass is 79.9. The van der Waals surface area contributed by atoms with Crippen LogP contribution in [0.15, 0.2) is 33.7 Å². The van der Waals surface area contributed by atoms with Gasteiger partial charge in [0.2, 0.25) is 0 Å². The fourth-order valence-electron chi connectivity index (χ4n) is 3.29. The molecule has 0 radical (unpaired) electrons. The lowest BCUT2D eigenvalue weighted by Crippen LogP contribution is -2.37. The molecule has 1 aliphatic heterocycles. The van der Waals surface area contributed by atoms with Gasteiger partial charge < -0.3 is 5.32 Å². The number of nitrogens with one attached hydrogen (secondary N) is 1. The summed E-state index contributed by atoms with van der Waals surface area (Å²) in [5.41, 5.74) is 1.80. The molecule has 1 aromatic rings. The molecule has 0 aromatic heterocycles. The molecule has 2 nitrogen and oxygen atoms in total. The van der Waals surface area contributed by atoms with E-state index in [0.29, 0.717) is 11.5 Å². The highest BCUT2D eigenvalue weighted by molar-refractivity contribution is 9.10. The summed E-state index contributed by atoms with van der Waals surface area (Å²) in [6.07, 6.45) is 6.96. The second kappa shape index (κ2) is 6.74. The SMILES string of the molecule is CC(NC1=NCC2(CCCCC2)CS1)c1cccc(Br)c1. The van der Waals surface area contributed by atoms with Crippen LogP contribution in [0.3, 0.4) is 0 Å². The predicted octanol–water partition coefficient (Wildman–Crippen LogP) is 5.15. The first kappa shape index (κ1) is 15.4. The van der Waals surface area contributed by atoms with Crippen molar-refractivity contribution < 1.29 is 0 Å². The summed E-state index contributed by atoms with van der Waals surface area (Å²) in [6.45, 7) is 3.23. The van der Waals surface area contributed by atoms with Gasteiger partial charge in [0, 0.05) is 16.8 Å². The van der Waals surface area contributed by atoms with Crippen LogP contribution in [0.1, 0.15) is 50.6 Å². The topological polar surface area (TPSA) is 24.4 Å². The Morgan fingerprint density at radius 3 is 2.76 bits per heavy atom. The molecule has 0 bridgehead atoms. The van der Waals surface area contributed by atoms with Crippen LogP contribution in [-0.2, 0) is 0 Å². The Bertz CT molecular complexity index is 523. The van der Waals surface area contributed by atoms with Crippen molar-refractivity contribution in [3.05, 3.63) is 34.3 Å². The van der Waals surface area contributed by atoms with Crippen molar-refractivity contribution >= 4 is 32.9 Å².